The summed E-state index contributed by atoms with van der Waals surface area (Å²) < 4.78 is 11.2. The zero-order valence-corrected chi connectivity index (χ0v) is 12.9. The summed E-state index contributed by atoms with van der Waals surface area (Å²) in [6.45, 7) is 1.94. The maximum Gasteiger partial charge on any atom is 0.251 e. The van der Waals surface area contributed by atoms with Crippen LogP contribution < -0.4 is 10.1 Å². The van der Waals surface area contributed by atoms with Gasteiger partial charge in [-0.1, -0.05) is 0 Å². The van der Waals surface area contributed by atoms with Crippen molar-refractivity contribution < 1.29 is 13.9 Å². The van der Waals surface area contributed by atoms with Crippen molar-refractivity contribution in [1.29, 1.82) is 0 Å². The van der Waals surface area contributed by atoms with Crippen LogP contribution in [0, 0.1) is 0 Å². The maximum absolute atomic E-state index is 12.1. The quantitative estimate of drug-likeness (QED) is 0.909. The number of halogens is 1. The van der Waals surface area contributed by atoms with Gasteiger partial charge in [0, 0.05) is 18.0 Å². The van der Waals surface area contributed by atoms with Crippen LogP contribution in [0.3, 0.4) is 0 Å². The van der Waals surface area contributed by atoms with Crippen LogP contribution >= 0.6 is 15.9 Å². The van der Waals surface area contributed by atoms with Gasteiger partial charge in [0.15, 0.2) is 0 Å². The van der Waals surface area contributed by atoms with Crippen molar-refractivity contribution in [3.63, 3.8) is 0 Å². The molecule has 106 valence electrons. The lowest BCUT2D eigenvalue weighted by molar-refractivity contribution is 0.0939. The number of rotatable bonds is 5. The van der Waals surface area contributed by atoms with E-state index in [1.54, 1.807) is 31.6 Å². The summed E-state index contributed by atoms with van der Waals surface area (Å²) in [5.74, 6) is 1.44. The fraction of sp³-hybridized carbons (Fsp3) is 0.267. The summed E-state index contributed by atoms with van der Waals surface area (Å²) in [5, 5.41) is 2.94. The monoisotopic (exact) mass is 337 g/mol. The van der Waals surface area contributed by atoms with Crippen LogP contribution in [0.15, 0.2) is 45.5 Å². The van der Waals surface area contributed by atoms with Gasteiger partial charge < -0.3 is 14.5 Å². The van der Waals surface area contributed by atoms with Crippen LogP contribution in [-0.4, -0.2) is 19.1 Å². The lowest BCUT2D eigenvalue weighted by Crippen LogP contribution is -2.33. The van der Waals surface area contributed by atoms with Crippen LogP contribution in [-0.2, 0) is 6.42 Å². The van der Waals surface area contributed by atoms with Crippen molar-refractivity contribution >= 4 is 21.8 Å². The Bertz CT molecular complexity index is 581. The third kappa shape index (κ3) is 3.63. The summed E-state index contributed by atoms with van der Waals surface area (Å²) in [5.41, 5.74) is 0.587. The van der Waals surface area contributed by atoms with Crippen molar-refractivity contribution in [3.8, 4) is 5.75 Å². The number of benzene rings is 1. The van der Waals surface area contributed by atoms with E-state index >= 15 is 0 Å². The molecule has 0 aliphatic heterocycles. The highest BCUT2D eigenvalue weighted by molar-refractivity contribution is 9.10. The number of carbonyl (C=O) groups is 1. The Morgan fingerprint density at radius 3 is 2.85 bits per heavy atom. The second-order valence-corrected chi connectivity index (χ2v) is 5.36. The van der Waals surface area contributed by atoms with Crippen molar-refractivity contribution in [3.05, 3.63) is 52.4 Å². The van der Waals surface area contributed by atoms with E-state index in [1.807, 2.05) is 19.1 Å². The van der Waals surface area contributed by atoms with Crippen LogP contribution in [0.25, 0.3) is 0 Å². The number of methoxy groups -OCH3 is 1. The number of furan rings is 1. The van der Waals surface area contributed by atoms with E-state index in [9.17, 15) is 4.79 Å². The van der Waals surface area contributed by atoms with Gasteiger partial charge in [0.2, 0.25) is 0 Å². The first-order valence-corrected chi connectivity index (χ1v) is 7.06. The van der Waals surface area contributed by atoms with Crippen LogP contribution in [0.4, 0.5) is 0 Å². The predicted molar refractivity (Wildman–Crippen MR) is 80.0 cm³/mol. The average molecular weight is 338 g/mol. The molecule has 4 nitrogen and oxygen atoms in total. The maximum atomic E-state index is 12.1. The molecule has 2 aromatic rings. The summed E-state index contributed by atoms with van der Waals surface area (Å²) in [7, 11) is 1.59. The Kier molecular flexibility index (Phi) is 4.84. The van der Waals surface area contributed by atoms with Gasteiger partial charge >= 0.3 is 0 Å². The highest BCUT2D eigenvalue weighted by Crippen LogP contribution is 2.25. The first-order valence-electron chi connectivity index (χ1n) is 6.27. The molecule has 0 bridgehead atoms. The molecule has 2 rings (SSSR count). The number of hydrogen-bond acceptors (Lipinski definition) is 3. The van der Waals surface area contributed by atoms with E-state index in [-0.39, 0.29) is 11.9 Å². The Hall–Kier alpha value is -1.75. The smallest absolute Gasteiger partial charge is 0.251 e. The van der Waals surface area contributed by atoms with Gasteiger partial charge in [0.05, 0.1) is 17.8 Å². The highest BCUT2D eigenvalue weighted by atomic mass is 79.9. The number of nitrogens with one attached hydrogen (secondary N) is 1. The Labute approximate surface area is 126 Å². The van der Waals surface area contributed by atoms with Gasteiger partial charge in [-0.3, -0.25) is 4.79 Å². The molecule has 20 heavy (non-hydrogen) atoms. The van der Waals surface area contributed by atoms with Crippen LogP contribution in [0.1, 0.15) is 23.0 Å². The number of ether oxygens (including phenoxy) is 1. The average Bonchev–Trinajstić information content (AvgIpc) is 2.91. The highest BCUT2D eigenvalue weighted by Gasteiger charge is 2.13. The topological polar surface area (TPSA) is 51.5 Å². The molecule has 0 fully saturated rings. The molecule has 1 aromatic carbocycles. The van der Waals surface area contributed by atoms with Gasteiger partial charge in [-0.15, -0.1) is 0 Å². The molecule has 0 saturated carbocycles. The molecular weight excluding hydrogens is 322 g/mol. The fourth-order valence-corrected chi connectivity index (χ4v) is 2.44. The molecule has 0 spiro atoms. The molecule has 1 N–H and O–H groups in total. The SMILES string of the molecule is COc1ccc(C(=O)NC(C)Cc2ccco2)cc1Br. The van der Waals surface area contributed by atoms with Gasteiger partial charge in [0.25, 0.3) is 5.91 Å². The van der Waals surface area contributed by atoms with Gasteiger partial charge in [-0.2, -0.15) is 0 Å². The Morgan fingerprint density at radius 1 is 1.45 bits per heavy atom. The zero-order chi connectivity index (χ0) is 14.5. The molecule has 0 aliphatic carbocycles. The molecule has 1 unspecified atom stereocenters. The first kappa shape index (κ1) is 14.7. The Balaban J connectivity index is 1.99. The van der Waals surface area contributed by atoms with E-state index < -0.39 is 0 Å². The number of amides is 1. The molecular formula is C15H16BrNO3. The third-order valence-electron chi connectivity index (χ3n) is 2.88. The van der Waals surface area contributed by atoms with Crippen molar-refractivity contribution in [2.45, 2.75) is 19.4 Å². The molecule has 0 saturated heterocycles. The van der Waals surface area contributed by atoms with Gasteiger partial charge in [0.1, 0.15) is 11.5 Å². The van der Waals surface area contributed by atoms with Crippen molar-refractivity contribution in [2.24, 2.45) is 0 Å². The van der Waals surface area contributed by atoms with Crippen molar-refractivity contribution in [1.82, 2.24) is 5.32 Å². The minimum Gasteiger partial charge on any atom is -0.496 e. The Morgan fingerprint density at radius 2 is 2.25 bits per heavy atom. The largest absolute Gasteiger partial charge is 0.496 e. The van der Waals surface area contributed by atoms with Gasteiger partial charge in [-0.25, -0.2) is 0 Å². The zero-order valence-electron chi connectivity index (χ0n) is 11.4. The normalized spacial score (nSPS) is 11.9. The summed E-state index contributed by atoms with van der Waals surface area (Å²) in [4.78, 5) is 12.1. The molecule has 1 atom stereocenters. The minimum atomic E-state index is -0.118. The van der Waals surface area contributed by atoms with Crippen molar-refractivity contribution in [2.75, 3.05) is 7.11 Å². The molecule has 5 heteroatoms. The number of hydrogen-bond donors (Lipinski definition) is 1. The summed E-state index contributed by atoms with van der Waals surface area (Å²) >= 11 is 3.37. The minimum absolute atomic E-state index is 0.00507. The third-order valence-corrected chi connectivity index (χ3v) is 3.50. The van der Waals surface area contributed by atoms with Crippen LogP contribution in [0.5, 0.6) is 5.75 Å². The lowest BCUT2D eigenvalue weighted by atomic mass is 10.1. The fourth-order valence-electron chi connectivity index (χ4n) is 1.90. The summed E-state index contributed by atoms with van der Waals surface area (Å²) in [6, 6.07) is 8.97. The van der Waals surface area contributed by atoms with E-state index in [1.165, 1.54) is 0 Å². The standard InChI is InChI=1S/C15H16BrNO3/c1-10(8-12-4-3-7-20-12)17-15(18)11-5-6-14(19-2)13(16)9-11/h3-7,9-10H,8H2,1-2H3,(H,17,18). The first-order chi connectivity index (χ1) is 9.60. The van der Waals surface area contributed by atoms with E-state index in [2.05, 4.69) is 21.2 Å². The molecule has 1 aromatic heterocycles. The second-order valence-electron chi connectivity index (χ2n) is 4.51. The van der Waals surface area contributed by atoms with Crippen LogP contribution in [0.2, 0.25) is 0 Å². The number of carbonyl (C=O) groups excluding carboxylic acids is 1. The molecule has 0 radical (unpaired) electrons. The van der Waals surface area contributed by atoms with Gasteiger partial charge in [-0.05, 0) is 53.2 Å². The predicted octanol–water partition coefficient (Wildman–Crippen LogP) is 3.41. The lowest BCUT2D eigenvalue weighted by Gasteiger charge is -2.13. The molecule has 0 aliphatic rings. The van der Waals surface area contributed by atoms with E-state index in [0.29, 0.717) is 17.7 Å². The van der Waals surface area contributed by atoms with E-state index in [0.717, 1.165) is 10.2 Å². The summed E-state index contributed by atoms with van der Waals surface area (Å²) in [6.07, 6.45) is 2.29. The van der Waals surface area contributed by atoms with E-state index in [4.69, 9.17) is 9.15 Å². The second kappa shape index (κ2) is 6.61. The molecule has 1 heterocycles. The molecule has 1 amide bonds.